The third-order valence-electron chi connectivity index (χ3n) is 2.58. The second-order valence-corrected chi connectivity index (χ2v) is 7.37. The Bertz CT molecular complexity index is 718. The van der Waals surface area contributed by atoms with Crippen molar-refractivity contribution in [3.63, 3.8) is 0 Å². The number of hydrogen-bond acceptors (Lipinski definition) is 4. The predicted molar refractivity (Wildman–Crippen MR) is 87.9 cm³/mol. The molecule has 1 heterocycles. The van der Waals surface area contributed by atoms with E-state index in [1.54, 1.807) is 42.6 Å². The average molecular weight is 370 g/mol. The lowest BCUT2D eigenvalue weighted by Crippen LogP contribution is -2.17. The van der Waals surface area contributed by atoms with Gasteiger partial charge in [0.25, 0.3) is 10.0 Å². The van der Waals surface area contributed by atoms with Gasteiger partial charge in [0, 0.05) is 16.7 Å². The minimum atomic E-state index is -3.64. The Morgan fingerprint density at radius 3 is 2.48 bits per heavy atom. The third kappa shape index (κ3) is 4.18. The van der Waals surface area contributed by atoms with E-state index in [-0.39, 0.29) is 10.9 Å². The summed E-state index contributed by atoms with van der Waals surface area (Å²) in [5.41, 5.74) is 0.405. The molecule has 1 aromatic heterocycles. The summed E-state index contributed by atoms with van der Waals surface area (Å²) in [4.78, 5) is 4.42. The van der Waals surface area contributed by atoms with Crippen LogP contribution in [0.15, 0.2) is 52.0 Å². The van der Waals surface area contributed by atoms with Gasteiger partial charge in [-0.2, -0.15) is 0 Å². The molecule has 1 aromatic carbocycles. The molecule has 0 aliphatic rings. The smallest absolute Gasteiger partial charge is 0.262 e. The molecule has 0 radical (unpaired) electrons. The normalized spacial score (nSPS) is 11.4. The summed E-state index contributed by atoms with van der Waals surface area (Å²) in [6, 6.07) is 10.0. The van der Waals surface area contributed by atoms with E-state index >= 15 is 0 Å². The molecule has 112 valence electrons. The van der Waals surface area contributed by atoms with Gasteiger partial charge >= 0.3 is 0 Å². The molecule has 0 fully saturated rings. The fourth-order valence-electron chi connectivity index (χ4n) is 1.71. The van der Waals surface area contributed by atoms with E-state index in [1.165, 1.54) is 0 Å². The first-order valence-electron chi connectivity index (χ1n) is 6.38. The zero-order valence-electron chi connectivity index (χ0n) is 11.7. The first-order valence-corrected chi connectivity index (χ1v) is 8.66. The van der Waals surface area contributed by atoms with Crippen LogP contribution in [0.2, 0.25) is 0 Å². The molecular weight excluding hydrogens is 354 g/mol. The van der Waals surface area contributed by atoms with Crippen molar-refractivity contribution in [3.8, 4) is 0 Å². The maximum Gasteiger partial charge on any atom is 0.262 e. The molecule has 21 heavy (non-hydrogen) atoms. The third-order valence-corrected chi connectivity index (χ3v) is 4.39. The Labute approximate surface area is 133 Å². The lowest BCUT2D eigenvalue weighted by atomic mass is 10.3. The molecule has 2 rings (SSSR count). The standard InChI is InChI=1S/C14H16BrN3O2S/c1-10(2)17-14-13(8-11(15)9-16-14)18-21(19,20)12-6-4-3-5-7-12/h3-10,18H,1-2H3,(H,16,17). The molecule has 2 N–H and O–H groups in total. The van der Waals surface area contributed by atoms with Gasteiger partial charge in [0.1, 0.15) is 0 Å². The van der Waals surface area contributed by atoms with Crippen molar-refractivity contribution in [2.75, 3.05) is 10.0 Å². The fourth-order valence-corrected chi connectivity index (χ4v) is 3.12. The van der Waals surface area contributed by atoms with Crippen LogP contribution in [0.25, 0.3) is 0 Å². The second-order valence-electron chi connectivity index (χ2n) is 4.77. The second kappa shape index (κ2) is 6.44. The molecular formula is C14H16BrN3O2S. The largest absolute Gasteiger partial charge is 0.366 e. The van der Waals surface area contributed by atoms with Gasteiger partial charge < -0.3 is 5.32 Å². The number of nitrogens with one attached hydrogen (secondary N) is 2. The number of sulfonamides is 1. The van der Waals surface area contributed by atoms with Crippen LogP contribution in [0.4, 0.5) is 11.5 Å². The predicted octanol–water partition coefficient (Wildman–Crippen LogP) is 3.47. The van der Waals surface area contributed by atoms with Crippen molar-refractivity contribution in [1.29, 1.82) is 0 Å². The monoisotopic (exact) mass is 369 g/mol. The van der Waals surface area contributed by atoms with Crippen LogP contribution >= 0.6 is 15.9 Å². The number of anilines is 2. The number of pyridine rings is 1. The van der Waals surface area contributed by atoms with E-state index in [0.29, 0.717) is 16.0 Å². The number of rotatable bonds is 5. The van der Waals surface area contributed by atoms with Gasteiger partial charge in [-0.05, 0) is 48.0 Å². The van der Waals surface area contributed by atoms with Crippen LogP contribution in [0.3, 0.4) is 0 Å². The average Bonchev–Trinajstić information content (AvgIpc) is 2.42. The summed E-state index contributed by atoms with van der Waals surface area (Å²) in [5, 5.41) is 3.12. The lowest BCUT2D eigenvalue weighted by molar-refractivity contribution is 0.601. The molecule has 0 spiro atoms. The fraction of sp³-hybridized carbons (Fsp3) is 0.214. The van der Waals surface area contributed by atoms with Gasteiger partial charge in [0.15, 0.2) is 5.82 Å². The first kappa shape index (κ1) is 15.8. The highest BCUT2D eigenvalue weighted by molar-refractivity contribution is 9.10. The maximum absolute atomic E-state index is 12.4. The Morgan fingerprint density at radius 2 is 1.86 bits per heavy atom. The minimum Gasteiger partial charge on any atom is -0.366 e. The van der Waals surface area contributed by atoms with E-state index < -0.39 is 10.0 Å². The number of nitrogens with zero attached hydrogens (tertiary/aromatic N) is 1. The van der Waals surface area contributed by atoms with Crippen LogP contribution in [-0.2, 0) is 10.0 Å². The number of aromatic nitrogens is 1. The van der Waals surface area contributed by atoms with Crippen molar-refractivity contribution in [2.24, 2.45) is 0 Å². The van der Waals surface area contributed by atoms with E-state index in [2.05, 4.69) is 31.0 Å². The Kier molecular flexibility index (Phi) is 4.84. The van der Waals surface area contributed by atoms with Crippen LogP contribution in [-0.4, -0.2) is 19.4 Å². The van der Waals surface area contributed by atoms with Gasteiger partial charge in [-0.1, -0.05) is 18.2 Å². The van der Waals surface area contributed by atoms with Gasteiger partial charge in [0.05, 0.1) is 10.6 Å². The minimum absolute atomic E-state index is 0.138. The van der Waals surface area contributed by atoms with Crippen molar-refractivity contribution < 1.29 is 8.42 Å². The molecule has 0 aliphatic heterocycles. The summed E-state index contributed by atoms with van der Waals surface area (Å²) in [7, 11) is -3.64. The maximum atomic E-state index is 12.4. The molecule has 0 saturated heterocycles. The van der Waals surface area contributed by atoms with Gasteiger partial charge in [-0.15, -0.1) is 0 Å². The molecule has 0 aliphatic carbocycles. The highest BCUT2D eigenvalue weighted by Crippen LogP contribution is 2.26. The molecule has 0 bridgehead atoms. The molecule has 5 nitrogen and oxygen atoms in total. The van der Waals surface area contributed by atoms with Crippen LogP contribution in [0, 0.1) is 0 Å². The van der Waals surface area contributed by atoms with Crippen molar-refractivity contribution in [2.45, 2.75) is 24.8 Å². The molecule has 7 heteroatoms. The summed E-state index contributed by atoms with van der Waals surface area (Å²) < 4.78 is 28.0. The number of benzene rings is 1. The summed E-state index contributed by atoms with van der Waals surface area (Å²) in [6.07, 6.45) is 1.62. The van der Waals surface area contributed by atoms with Gasteiger partial charge in [0.2, 0.25) is 0 Å². The van der Waals surface area contributed by atoms with Crippen LogP contribution in [0.5, 0.6) is 0 Å². The van der Waals surface area contributed by atoms with Gasteiger partial charge in [-0.3, -0.25) is 4.72 Å². The number of halogens is 1. The molecule has 0 saturated carbocycles. The number of hydrogen-bond donors (Lipinski definition) is 2. The summed E-state index contributed by atoms with van der Waals surface area (Å²) >= 11 is 3.30. The molecule has 2 aromatic rings. The van der Waals surface area contributed by atoms with Crippen molar-refractivity contribution >= 4 is 37.5 Å². The van der Waals surface area contributed by atoms with Crippen molar-refractivity contribution in [1.82, 2.24) is 4.98 Å². The quantitative estimate of drug-likeness (QED) is 0.846. The molecule has 0 unspecified atom stereocenters. The van der Waals surface area contributed by atoms with E-state index in [1.807, 2.05) is 13.8 Å². The SMILES string of the molecule is CC(C)Nc1ncc(Br)cc1NS(=O)(=O)c1ccccc1. The first-order chi connectivity index (χ1) is 9.88. The highest BCUT2D eigenvalue weighted by Gasteiger charge is 2.17. The lowest BCUT2D eigenvalue weighted by Gasteiger charge is -2.15. The van der Waals surface area contributed by atoms with Gasteiger partial charge in [-0.25, -0.2) is 13.4 Å². The highest BCUT2D eigenvalue weighted by atomic mass is 79.9. The Morgan fingerprint density at radius 1 is 1.19 bits per heavy atom. The van der Waals surface area contributed by atoms with E-state index in [0.717, 1.165) is 0 Å². The zero-order chi connectivity index (χ0) is 15.5. The van der Waals surface area contributed by atoms with Crippen LogP contribution < -0.4 is 10.0 Å². The molecule has 0 amide bonds. The Balaban J connectivity index is 2.36. The van der Waals surface area contributed by atoms with E-state index in [4.69, 9.17) is 0 Å². The Hall–Kier alpha value is -1.60. The molecule has 0 atom stereocenters. The zero-order valence-corrected chi connectivity index (χ0v) is 14.1. The topological polar surface area (TPSA) is 71.1 Å². The summed E-state index contributed by atoms with van der Waals surface area (Å²) in [6.45, 7) is 3.92. The summed E-state index contributed by atoms with van der Waals surface area (Å²) in [5.74, 6) is 0.493. The van der Waals surface area contributed by atoms with Crippen LogP contribution in [0.1, 0.15) is 13.8 Å². The van der Waals surface area contributed by atoms with E-state index in [9.17, 15) is 8.42 Å². The van der Waals surface area contributed by atoms with Crippen molar-refractivity contribution in [3.05, 3.63) is 47.1 Å².